The van der Waals surface area contributed by atoms with E-state index >= 15 is 0 Å². The van der Waals surface area contributed by atoms with Gasteiger partial charge in [-0.3, -0.25) is 9.59 Å². The Kier molecular flexibility index (Phi) is 72.3. The number of esters is 1. The molecule has 0 aliphatic heterocycles. The van der Waals surface area contributed by atoms with E-state index in [2.05, 4.69) is 43.5 Å². The molecule has 6 heteroatoms. The molecule has 0 saturated heterocycles. The fraction of sp³-hybridized carbons (Fsp3) is 0.923. The van der Waals surface area contributed by atoms with Crippen LogP contribution in [0, 0.1) is 0 Å². The van der Waals surface area contributed by atoms with Crippen LogP contribution in [0.5, 0.6) is 0 Å². The van der Waals surface area contributed by atoms with Crippen molar-refractivity contribution in [3.63, 3.8) is 0 Å². The summed E-state index contributed by atoms with van der Waals surface area (Å²) in [5.41, 5.74) is 0. The number of ether oxygens (including phenoxy) is 1. The summed E-state index contributed by atoms with van der Waals surface area (Å²) in [6.07, 6.45) is 94.2. The zero-order valence-corrected chi connectivity index (χ0v) is 57.2. The van der Waals surface area contributed by atoms with E-state index in [4.69, 9.17) is 4.74 Å². The van der Waals surface area contributed by atoms with Gasteiger partial charge in [-0.15, -0.1) is 0 Å². The summed E-state index contributed by atoms with van der Waals surface area (Å²) in [7, 11) is 0. The van der Waals surface area contributed by atoms with E-state index in [1.807, 2.05) is 0 Å². The van der Waals surface area contributed by atoms with E-state index in [9.17, 15) is 19.8 Å². The standard InChI is InChI=1S/C78H151NO5/c1-3-5-7-9-11-13-15-16-17-18-38-42-45-48-52-56-60-64-68-72-78(83)84-73-69-65-61-57-53-49-46-43-40-37-35-33-31-29-27-25-23-21-19-20-22-24-26-28-30-32-34-36-39-41-44-47-51-55-59-63-67-71-77(82)79-75(74-80)76(81)70-66-62-58-54-50-14-12-10-8-6-4-2/h16-17,19,21,75-76,80-81H,3-15,18,20,22-74H2,1-2H3,(H,79,82)/b17-16-,21-19-. The highest BCUT2D eigenvalue weighted by molar-refractivity contribution is 5.76. The van der Waals surface area contributed by atoms with Gasteiger partial charge < -0.3 is 20.3 Å². The van der Waals surface area contributed by atoms with Gasteiger partial charge in [0.05, 0.1) is 25.4 Å². The summed E-state index contributed by atoms with van der Waals surface area (Å²) < 4.78 is 5.52. The maximum Gasteiger partial charge on any atom is 0.305 e. The summed E-state index contributed by atoms with van der Waals surface area (Å²) >= 11 is 0. The molecule has 0 radical (unpaired) electrons. The van der Waals surface area contributed by atoms with Crippen molar-refractivity contribution in [3.05, 3.63) is 24.3 Å². The second-order valence-corrected chi connectivity index (χ2v) is 26.7. The van der Waals surface area contributed by atoms with Crippen LogP contribution in [0.15, 0.2) is 24.3 Å². The van der Waals surface area contributed by atoms with Crippen LogP contribution in [0.4, 0.5) is 0 Å². The molecular formula is C78H151NO5. The lowest BCUT2D eigenvalue weighted by Crippen LogP contribution is -2.45. The first-order chi connectivity index (χ1) is 41.5. The Morgan fingerprint density at radius 1 is 0.321 bits per heavy atom. The first-order valence-corrected chi connectivity index (χ1v) is 38.6. The molecule has 0 aromatic carbocycles. The number of carbonyl (C=O) groups is 2. The highest BCUT2D eigenvalue weighted by Gasteiger charge is 2.20. The maximum absolute atomic E-state index is 12.5. The molecule has 0 fully saturated rings. The predicted octanol–water partition coefficient (Wildman–Crippen LogP) is 25.3. The van der Waals surface area contributed by atoms with Crippen molar-refractivity contribution in [1.29, 1.82) is 0 Å². The quantitative estimate of drug-likeness (QED) is 0.0320. The number of hydrogen-bond acceptors (Lipinski definition) is 5. The molecule has 0 aromatic heterocycles. The Morgan fingerprint density at radius 2 is 0.560 bits per heavy atom. The summed E-state index contributed by atoms with van der Waals surface area (Å²) in [4.78, 5) is 24.6. The average Bonchev–Trinajstić information content (AvgIpc) is 3.53. The van der Waals surface area contributed by atoms with Crippen LogP contribution in [-0.2, 0) is 14.3 Å². The van der Waals surface area contributed by atoms with Gasteiger partial charge in [-0.25, -0.2) is 0 Å². The molecule has 0 aliphatic rings. The Morgan fingerprint density at radius 3 is 0.845 bits per heavy atom. The lowest BCUT2D eigenvalue weighted by atomic mass is 10.0. The predicted molar refractivity (Wildman–Crippen MR) is 370 cm³/mol. The van der Waals surface area contributed by atoms with Crippen LogP contribution in [0.25, 0.3) is 0 Å². The molecule has 1 amide bonds. The third-order valence-electron chi connectivity index (χ3n) is 18.2. The van der Waals surface area contributed by atoms with Crippen molar-refractivity contribution in [2.24, 2.45) is 0 Å². The van der Waals surface area contributed by atoms with Gasteiger partial charge >= 0.3 is 5.97 Å². The van der Waals surface area contributed by atoms with Crippen molar-refractivity contribution in [1.82, 2.24) is 5.32 Å². The molecule has 2 unspecified atom stereocenters. The van der Waals surface area contributed by atoms with Gasteiger partial charge in [0.25, 0.3) is 0 Å². The van der Waals surface area contributed by atoms with Gasteiger partial charge in [0.1, 0.15) is 0 Å². The zero-order chi connectivity index (χ0) is 60.6. The summed E-state index contributed by atoms with van der Waals surface area (Å²) in [6.45, 7) is 4.98. The normalized spacial score (nSPS) is 12.6. The minimum atomic E-state index is -0.659. The minimum Gasteiger partial charge on any atom is -0.466 e. The summed E-state index contributed by atoms with van der Waals surface area (Å²) in [5, 5.41) is 23.2. The van der Waals surface area contributed by atoms with E-state index in [-0.39, 0.29) is 18.5 Å². The third kappa shape index (κ3) is 69.4. The Labute approximate surface area is 526 Å². The number of amides is 1. The molecule has 2 atom stereocenters. The van der Waals surface area contributed by atoms with Crippen LogP contribution in [-0.4, -0.2) is 47.4 Å². The fourth-order valence-corrected chi connectivity index (χ4v) is 12.3. The van der Waals surface area contributed by atoms with Gasteiger partial charge in [-0.2, -0.15) is 0 Å². The monoisotopic (exact) mass is 1180 g/mol. The zero-order valence-electron chi connectivity index (χ0n) is 57.2. The van der Waals surface area contributed by atoms with Crippen LogP contribution >= 0.6 is 0 Å². The number of carbonyl (C=O) groups excluding carboxylic acids is 2. The Hall–Kier alpha value is -1.66. The van der Waals surface area contributed by atoms with Crippen LogP contribution in [0.3, 0.4) is 0 Å². The molecule has 0 aromatic rings. The lowest BCUT2D eigenvalue weighted by molar-refractivity contribution is -0.143. The minimum absolute atomic E-state index is 0.0218. The number of aliphatic hydroxyl groups excluding tert-OH is 2. The second-order valence-electron chi connectivity index (χ2n) is 26.7. The number of allylic oxidation sites excluding steroid dienone is 4. The average molecular weight is 1180 g/mol. The van der Waals surface area contributed by atoms with Crippen LogP contribution < -0.4 is 5.32 Å². The van der Waals surface area contributed by atoms with E-state index in [0.29, 0.717) is 25.9 Å². The Balaban J connectivity index is 3.29. The van der Waals surface area contributed by atoms with Crippen molar-refractivity contribution < 1.29 is 24.5 Å². The first kappa shape index (κ1) is 82.3. The van der Waals surface area contributed by atoms with Gasteiger partial charge in [0.2, 0.25) is 5.91 Å². The van der Waals surface area contributed by atoms with E-state index in [1.54, 1.807) is 0 Å². The fourth-order valence-electron chi connectivity index (χ4n) is 12.3. The highest BCUT2D eigenvalue weighted by Crippen LogP contribution is 2.19. The SMILES string of the molecule is CCCCCCCC/C=C\CCCCCCCCCCCC(=O)OCCCCCCCCCCCCCCCCCC/C=C\CCCCCCCCCCCCCCCCCCCC(=O)NC(CO)C(O)CCCCCCCCCCCCC. The smallest absolute Gasteiger partial charge is 0.305 e. The van der Waals surface area contributed by atoms with Crippen molar-refractivity contribution in [3.8, 4) is 0 Å². The van der Waals surface area contributed by atoms with Gasteiger partial charge in [0.15, 0.2) is 0 Å². The van der Waals surface area contributed by atoms with Crippen LogP contribution in [0.1, 0.15) is 438 Å². The molecule has 0 heterocycles. The van der Waals surface area contributed by atoms with Gasteiger partial charge in [-0.1, -0.05) is 372 Å². The molecule has 0 bridgehead atoms. The number of rotatable bonds is 73. The first-order valence-electron chi connectivity index (χ1n) is 38.6. The molecule has 6 nitrogen and oxygen atoms in total. The number of nitrogens with one attached hydrogen (secondary N) is 1. The van der Waals surface area contributed by atoms with Crippen LogP contribution in [0.2, 0.25) is 0 Å². The van der Waals surface area contributed by atoms with E-state index in [1.165, 1.54) is 366 Å². The molecule has 0 aliphatic carbocycles. The highest BCUT2D eigenvalue weighted by atomic mass is 16.5. The molecule has 498 valence electrons. The third-order valence-corrected chi connectivity index (χ3v) is 18.2. The topological polar surface area (TPSA) is 95.9 Å². The Bertz CT molecular complexity index is 1320. The van der Waals surface area contributed by atoms with E-state index in [0.717, 1.165) is 38.5 Å². The molecule has 84 heavy (non-hydrogen) atoms. The number of aliphatic hydroxyl groups is 2. The van der Waals surface area contributed by atoms with Crippen molar-refractivity contribution in [2.45, 2.75) is 450 Å². The maximum atomic E-state index is 12.5. The van der Waals surface area contributed by atoms with Gasteiger partial charge in [0, 0.05) is 12.8 Å². The summed E-state index contributed by atoms with van der Waals surface area (Å²) in [5.74, 6) is -0.00784. The number of hydrogen-bond donors (Lipinski definition) is 3. The molecule has 3 N–H and O–H groups in total. The van der Waals surface area contributed by atoms with Crippen molar-refractivity contribution in [2.75, 3.05) is 13.2 Å². The largest absolute Gasteiger partial charge is 0.466 e. The second kappa shape index (κ2) is 73.8. The molecule has 0 rings (SSSR count). The summed E-state index contributed by atoms with van der Waals surface area (Å²) in [6, 6.07) is -0.537. The van der Waals surface area contributed by atoms with E-state index < -0.39 is 12.1 Å². The van der Waals surface area contributed by atoms with Gasteiger partial charge in [-0.05, 0) is 77.0 Å². The number of unbranched alkanes of at least 4 members (excludes halogenated alkanes) is 58. The van der Waals surface area contributed by atoms with Crippen molar-refractivity contribution >= 4 is 11.9 Å². The molecular weight excluding hydrogens is 1030 g/mol. The molecule has 0 spiro atoms. The lowest BCUT2D eigenvalue weighted by Gasteiger charge is -2.22. The molecule has 0 saturated carbocycles.